The zero-order valence-corrected chi connectivity index (χ0v) is 32.4. The second-order valence-corrected chi connectivity index (χ2v) is 14.6. The molecule has 1 aliphatic carbocycles. The van der Waals surface area contributed by atoms with E-state index in [2.05, 4.69) is 225 Å². The number of para-hydroxylation sites is 2. The van der Waals surface area contributed by atoms with Crippen molar-refractivity contribution in [2.75, 3.05) is 5.32 Å². The number of furan rings is 1. The van der Waals surface area contributed by atoms with Gasteiger partial charge in [-0.1, -0.05) is 212 Å². The highest BCUT2D eigenvalue weighted by atomic mass is 16.3. The van der Waals surface area contributed by atoms with Gasteiger partial charge in [0.25, 0.3) is 0 Å². The Labute approximate surface area is 340 Å². The number of allylic oxidation sites excluding steroid dienone is 5. The van der Waals surface area contributed by atoms with Crippen LogP contribution >= 0.6 is 0 Å². The lowest BCUT2D eigenvalue weighted by Crippen LogP contribution is -2.32. The molecule has 2 heteroatoms. The van der Waals surface area contributed by atoms with Crippen molar-refractivity contribution in [1.82, 2.24) is 0 Å². The fourth-order valence-electron chi connectivity index (χ4n) is 8.29. The molecule has 0 bridgehead atoms. The van der Waals surface area contributed by atoms with Crippen LogP contribution in [-0.4, -0.2) is 0 Å². The Bertz CT molecular complexity index is 2850. The lowest BCUT2D eigenvalue weighted by Gasteiger charge is -2.38. The quantitative estimate of drug-likeness (QED) is 0.183. The first kappa shape index (κ1) is 36.2. The highest BCUT2D eigenvalue weighted by molar-refractivity contribution is 6.06. The van der Waals surface area contributed by atoms with Gasteiger partial charge in [-0.05, 0) is 76.2 Å². The van der Waals surface area contributed by atoms with E-state index in [4.69, 9.17) is 4.42 Å². The molecule has 1 heterocycles. The molecule has 2 nitrogen and oxygen atoms in total. The Hall–Kier alpha value is -7.42. The van der Waals surface area contributed by atoms with E-state index in [1.165, 1.54) is 44.5 Å². The molecule has 8 aromatic carbocycles. The Kier molecular flexibility index (Phi) is 10.2. The van der Waals surface area contributed by atoms with Crippen molar-refractivity contribution in [3.63, 3.8) is 0 Å². The van der Waals surface area contributed by atoms with Crippen LogP contribution < -0.4 is 5.32 Å². The van der Waals surface area contributed by atoms with Gasteiger partial charge in [0.05, 0.1) is 5.41 Å². The monoisotopic (exact) mass is 745 g/mol. The summed E-state index contributed by atoms with van der Waals surface area (Å²) < 4.78 is 6.72. The third-order valence-corrected chi connectivity index (χ3v) is 11.1. The van der Waals surface area contributed by atoms with Crippen molar-refractivity contribution in [1.29, 1.82) is 0 Å². The van der Waals surface area contributed by atoms with Crippen LogP contribution in [0.4, 0.5) is 11.4 Å². The van der Waals surface area contributed by atoms with E-state index in [1.807, 2.05) is 24.3 Å². The van der Waals surface area contributed by atoms with Gasteiger partial charge in [0.1, 0.15) is 11.2 Å². The lowest BCUT2D eigenvalue weighted by molar-refractivity contribution is 0.641. The van der Waals surface area contributed by atoms with Crippen LogP contribution in [-0.2, 0) is 5.41 Å². The van der Waals surface area contributed by atoms with Gasteiger partial charge in [0, 0.05) is 27.7 Å². The zero-order valence-electron chi connectivity index (χ0n) is 32.4. The predicted molar refractivity (Wildman–Crippen MR) is 245 cm³/mol. The fraction of sp³-hybridized carbons (Fsp3) is 0.0357. The first-order chi connectivity index (χ1) is 28.7. The molecule has 0 radical (unpaired) electrons. The number of hydrogen-bond donors (Lipinski definition) is 1. The van der Waals surface area contributed by atoms with Gasteiger partial charge >= 0.3 is 0 Å². The van der Waals surface area contributed by atoms with E-state index in [-0.39, 0.29) is 0 Å². The van der Waals surface area contributed by atoms with Crippen molar-refractivity contribution >= 4 is 39.4 Å². The molecule has 58 heavy (non-hydrogen) atoms. The molecule has 0 spiro atoms. The second-order valence-electron chi connectivity index (χ2n) is 14.6. The topological polar surface area (TPSA) is 25.2 Å². The van der Waals surface area contributed by atoms with Crippen LogP contribution in [0.3, 0.4) is 0 Å². The number of rotatable bonds is 6. The molecule has 0 saturated heterocycles. The minimum Gasteiger partial charge on any atom is -0.456 e. The molecule has 1 aliphatic rings. The smallest absolute Gasteiger partial charge is 0.140 e. The van der Waals surface area contributed by atoms with Gasteiger partial charge in [0.15, 0.2) is 0 Å². The van der Waals surface area contributed by atoms with Gasteiger partial charge in [-0.25, -0.2) is 0 Å². The molecule has 1 aromatic heterocycles. The Morgan fingerprint density at radius 1 is 0.414 bits per heavy atom. The van der Waals surface area contributed by atoms with E-state index in [0.29, 0.717) is 0 Å². The highest BCUT2D eigenvalue weighted by Gasteiger charge is 2.41. The largest absolute Gasteiger partial charge is 0.456 e. The molecular formula is C56H43NO. The van der Waals surface area contributed by atoms with Crippen molar-refractivity contribution in [2.45, 2.75) is 12.3 Å². The summed E-state index contributed by atoms with van der Waals surface area (Å²) in [6.45, 7) is 2.24. The van der Waals surface area contributed by atoms with E-state index in [9.17, 15) is 0 Å². The lowest BCUT2D eigenvalue weighted by atomic mass is 9.63. The minimum atomic E-state index is -0.612. The van der Waals surface area contributed by atoms with Crippen LogP contribution in [0.15, 0.2) is 241 Å². The number of anilines is 2. The van der Waals surface area contributed by atoms with E-state index in [1.54, 1.807) is 0 Å². The van der Waals surface area contributed by atoms with Crippen molar-refractivity contribution in [3.8, 4) is 22.3 Å². The molecule has 0 amide bonds. The summed E-state index contributed by atoms with van der Waals surface area (Å²) in [5.41, 5.74) is 14.2. The minimum absolute atomic E-state index is 0.612. The van der Waals surface area contributed by atoms with Gasteiger partial charge in [-0.15, -0.1) is 0 Å². The van der Waals surface area contributed by atoms with Gasteiger partial charge in [0.2, 0.25) is 0 Å². The molecule has 0 saturated carbocycles. The molecule has 1 unspecified atom stereocenters. The standard InChI is InChI=1S/C44H33NO.C12H10/c1-31-13-4-2-7-16-34-17-8-10-20-40(34)44(31,41-21-12-19-39-38-18-9-11-22-42(38)46-43(39)41)35-25-29-37(30-26-35)45-36-27-23-33(24-28-36)32-14-5-3-6-15-32;1-3-7-11(8-4-1)12-9-5-2-6-10-12/h2-30,45H,1H3;1-10H/b4-2-,16-7+,31-13+;. The molecule has 0 aliphatic heterocycles. The molecule has 1 N–H and O–H groups in total. The third-order valence-electron chi connectivity index (χ3n) is 11.1. The zero-order chi connectivity index (χ0) is 39.2. The molecular weight excluding hydrogens is 703 g/mol. The molecule has 0 fully saturated rings. The normalized spacial score (nSPS) is 16.7. The SMILES string of the molecule is C\C1=C/C=C\C=C\c2ccccc2C1(c1ccc(Nc2ccc(-c3ccccc3)cc2)cc1)c1cccc2c1oc1ccccc12.c1ccc(-c2ccccc2)cc1. The number of hydrogen-bond acceptors (Lipinski definition) is 2. The predicted octanol–water partition coefficient (Wildman–Crippen LogP) is 15.2. The highest BCUT2D eigenvalue weighted by Crippen LogP contribution is 2.50. The summed E-state index contributed by atoms with van der Waals surface area (Å²) in [4.78, 5) is 0. The van der Waals surface area contributed by atoms with Crippen molar-refractivity contribution in [2.24, 2.45) is 0 Å². The maximum absolute atomic E-state index is 6.72. The molecule has 9 aromatic rings. The van der Waals surface area contributed by atoms with E-state index >= 15 is 0 Å². The molecule has 10 rings (SSSR count). The van der Waals surface area contributed by atoms with Crippen LogP contribution in [0, 0.1) is 0 Å². The molecule has 1 atom stereocenters. The summed E-state index contributed by atoms with van der Waals surface area (Å²) >= 11 is 0. The first-order valence-corrected chi connectivity index (χ1v) is 19.8. The average Bonchev–Trinajstić information content (AvgIpc) is 3.70. The number of nitrogens with one attached hydrogen (secondary N) is 1. The number of fused-ring (bicyclic) bond motifs is 4. The van der Waals surface area contributed by atoms with E-state index in [0.717, 1.165) is 38.9 Å². The van der Waals surface area contributed by atoms with Crippen LogP contribution in [0.5, 0.6) is 0 Å². The summed E-state index contributed by atoms with van der Waals surface area (Å²) in [7, 11) is 0. The van der Waals surface area contributed by atoms with Crippen molar-refractivity contribution < 1.29 is 4.42 Å². The van der Waals surface area contributed by atoms with E-state index < -0.39 is 5.41 Å². The Morgan fingerprint density at radius 3 is 1.59 bits per heavy atom. The average molecular weight is 746 g/mol. The Morgan fingerprint density at radius 2 is 0.931 bits per heavy atom. The second kappa shape index (κ2) is 16.4. The van der Waals surface area contributed by atoms with Gasteiger partial charge in [-0.2, -0.15) is 0 Å². The van der Waals surface area contributed by atoms with Gasteiger partial charge in [-0.3, -0.25) is 0 Å². The van der Waals surface area contributed by atoms with Gasteiger partial charge < -0.3 is 9.73 Å². The summed E-state index contributed by atoms with van der Waals surface area (Å²) in [5.74, 6) is 0. The maximum Gasteiger partial charge on any atom is 0.140 e. The van der Waals surface area contributed by atoms with Crippen LogP contribution in [0.25, 0.3) is 50.3 Å². The maximum atomic E-state index is 6.72. The summed E-state index contributed by atoms with van der Waals surface area (Å²) in [6.07, 6.45) is 10.8. The molecule has 278 valence electrons. The third kappa shape index (κ3) is 7.09. The summed E-state index contributed by atoms with van der Waals surface area (Å²) in [6, 6.07) is 72.4. The van der Waals surface area contributed by atoms with Crippen molar-refractivity contribution in [3.05, 3.63) is 258 Å². The van der Waals surface area contributed by atoms with Crippen LogP contribution in [0.2, 0.25) is 0 Å². The Balaban J connectivity index is 0.000000310. The fourth-order valence-corrected chi connectivity index (χ4v) is 8.29. The van der Waals surface area contributed by atoms with Crippen LogP contribution in [0.1, 0.15) is 29.2 Å². The first-order valence-electron chi connectivity index (χ1n) is 19.8. The summed E-state index contributed by atoms with van der Waals surface area (Å²) in [5, 5.41) is 5.88. The number of benzene rings is 8.